The number of nitrogens with two attached hydrogens (primary N) is 2. The Kier molecular flexibility index (Phi) is 3.26. The van der Waals surface area contributed by atoms with E-state index in [1.54, 1.807) is 13.0 Å². The number of amides is 1. The largest absolute Gasteiger partial charge is 0.479 e. The number of aryl methyl sites for hydroxylation is 1. The number of aromatic nitrogens is 1. The van der Waals surface area contributed by atoms with Crippen molar-refractivity contribution < 1.29 is 19.4 Å². The number of nitrogen functional groups attached to an aromatic ring is 1. The Morgan fingerprint density at radius 2 is 2.21 bits per heavy atom. The first-order chi connectivity index (χ1) is 8.90. The minimum absolute atomic E-state index is 0.171. The molecule has 0 aliphatic carbocycles. The molecule has 0 radical (unpaired) electrons. The fourth-order valence-corrected chi connectivity index (χ4v) is 2.69. The standard InChI is InChI=1S/C11H11N3O4S/c1-4-2-5(18-3-6(15)16)14-11-7(4)8(12)9(19-11)10(13)17/h2H,3,12H2,1H3,(H2,13,17)(H,15,16). The quantitative estimate of drug-likeness (QED) is 0.758. The van der Waals surface area contributed by atoms with Gasteiger partial charge in [0.05, 0.1) is 5.69 Å². The summed E-state index contributed by atoms with van der Waals surface area (Å²) in [5.74, 6) is -1.54. The van der Waals surface area contributed by atoms with Crippen molar-refractivity contribution >= 4 is 39.1 Å². The first-order valence-electron chi connectivity index (χ1n) is 5.24. The molecule has 2 aromatic heterocycles. The van der Waals surface area contributed by atoms with Crippen LogP contribution in [0.5, 0.6) is 5.88 Å². The van der Waals surface area contributed by atoms with E-state index in [-0.39, 0.29) is 10.8 Å². The average Bonchev–Trinajstić information content (AvgIpc) is 2.64. The van der Waals surface area contributed by atoms with Gasteiger partial charge in [0, 0.05) is 11.5 Å². The molecule has 0 aliphatic rings. The van der Waals surface area contributed by atoms with Gasteiger partial charge in [-0.05, 0) is 12.5 Å². The molecule has 0 spiro atoms. The van der Waals surface area contributed by atoms with Crippen molar-refractivity contribution in [1.29, 1.82) is 0 Å². The molecule has 1 amide bonds. The number of carbonyl (C=O) groups excluding carboxylic acids is 1. The molecule has 0 aliphatic heterocycles. The lowest BCUT2D eigenvalue weighted by Crippen LogP contribution is -2.10. The number of pyridine rings is 1. The summed E-state index contributed by atoms with van der Waals surface area (Å²) in [6, 6.07) is 1.57. The second kappa shape index (κ2) is 4.73. The fraction of sp³-hybridized carbons (Fsp3) is 0.182. The van der Waals surface area contributed by atoms with E-state index in [2.05, 4.69) is 4.98 Å². The number of carbonyl (C=O) groups is 2. The van der Waals surface area contributed by atoms with E-state index in [0.717, 1.165) is 16.9 Å². The third-order valence-electron chi connectivity index (χ3n) is 2.44. The fourth-order valence-electron chi connectivity index (χ4n) is 1.67. The Morgan fingerprint density at radius 1 is 1.53 bits per heavy atom. The van der Waals surface area contributed by atoms with E-state index >= 15 is 0 Å². The van der Waals surface area contributed by atoms with Crippen LogP contribution in [0, 0.1) is 6.92 Å². The molecule has 5 N–H and O–H groups in total. The predicted octanol–water partition coefficient (Wildman–Crippen LogP) is 0.749. The number of carboxylic acid groups (broad SMARTS) is 1. The molecule has 8 heteroatoms. The van der Waals surface area contributed by atoms with Crippen LogP contribution in [0.25, 0.3) is 10.2 Å². The van der Waals surface area contributed by atoms with E-state index in [9.17, 15) is 9.59 Å². The van der Waals surface area contributed by atoms with Crippen molar-refractivity contribution in [2.75, 3.05) is 12.3 Å². The number of thiophene rings is 1. The van der Waals surface area contributed by atoms with Gasteiger partial charge < -0.3 is 21.3 Å². The number of ether oxygens (including phenoxy) is 1. The Balaban J connectivity index is 2.51. The van der Waals surface area contributed by atoms with Gasteiger partial charge in [-0.15, -0.1) is 11.3 Å². The van der Waals surface area contributed by atoms with Crippen LogP contribution in [0.3, 0.4) is 0 Å². The first kappa shape index (κ1) is 13.1. The summed E-state index contributed by atoms with van der Waals surface area (Å²) in [6.45, 7) is 1.28. The molecule has 0 unspecified atom stereocenters. The molecular formula is C11H11N3O4S. The van der Waals surface area contributed by atoms with Gasteiger partial charge in [0.2, 0.25) is 5.88 Å². The van der Waals surface area contributed by atoms with Crippen LogP contribution in [0.2, 0.25) is 0 Å². The molecular weight excluding hydrogens is 270 g/mol. The molecule has 0 saturated heterocycles. The van der Waals surface area contributed by atoms with Crippen molar-refractivity contribution in [2.45, 2.75) is 6.92 Å². The van der Waals surface area contributed by atoms with Gasteiger partial charge in [-0.25, -0.2) is 9.78 Å². The van der Waals surface area contributed by atoms with Gasteiger partial charge in [-0.2, -0.15) is 0 Å². The number of primary amides is 1. The molecule has 0 saturated carbocycles. The molecule has 19 heavy (non-hydrogen) atoms. The highest BCUT2D eigenvalue weighted by atomic mass is 32.1. The average molecular weight is 281 g/mol. The Labute approximate surface area is 111 Å². The van der Waals surface area contributed by atoms with Gasteiger partial charge in [0.25, 0.3) is 5.91 Å². The molecule has 0 bridgehead atoms. The molecule has 0 atom stereocenters. The minimum Gasteiger partial charge on any atom is -0.479 e. The maximum atomic E-state index is 11.2. The van der Waals surface area contributed by atoms with E-state index < -0.39 is 18.5 Å². The monoisotopic (exact) mass is 281 g/mol. The third kappa shape index (κ3) is 2.43. The Bertz CT molecular complexity index is 680. The summed E-state index contributed by atoms with van der Waals surface area (Å²) < 4.78 is 5.00. The van der Waals surface area contributed by atoms with E-state index in [1.807, 2.05) is 0 Å². The Morgan fingerprint density at radius 3 is 2.79 bits per heavy atom. The highest BCUT2D eigenvalue weighted by Gasteiger charge is 2.17. The smallest absolute Gasteiger partial charge is 0.341 e. The van der Waals surface area contributed by atoms with E-state index in [4.69, 9.17) is 21.3 Å². The van der Waals surface area contributed by atoms with E-state index in [1.165, 1.54) is 0 Å². The zero-order valence-corrected chi connectivity index (χ0v) is 10.8. The SMILES string of the molecule is Cc1cc(OCC(=O)O)nc2sc(C(N)=O)c(N)c12. The van der Waals surface area contributed by atoms with Crippen molar-refractivity contribution in [1.82, 2.24) is 4.98 Å². The number of fused-ring (bicyclic) bond motifs is 1. The summed E-state index contributed by atoms with van der Waals surface area (Å²) in [5, 5.41) is 9.19. The van der Waals surface area contributed by atoms with Crippen molar-refractivity contribution in [2.24, 2.45) is 5.73 Å². The molecule has 2 aromatic rings. The van der Waals surface area contributed by atoms with Crippen LogP contribution in [-0.2, 0) is 4.79 Å². The van der Waals surface area contributed by atoms with Crippen molar-refractivity contribution in [3.8, 4) is 5.88 Å². The number of aliphatic carboxylic acids is 1. The van der Waals surface area contributed by atoms with Crippen LogP contribution in [-0.4, -0.2) is 28.6 Å². The van der Waals surface area contributed by atoms with Gasteiger partial charge in [0.15, 0.2) is 6.61 Å². The lowest BCUT2D eigenvalue weighted by Gasteiger charge is -2.04. The first-order valence-corrected chi connectivity index (χ1v) is 6.05. The number of carboxylic acids is 1. The minimum atomic E-state index is -1.09. The third-order valence-corrected chi connectivity index (χ3v) is 3.55. The second-order valence-electron chi connectivity index (χ2n) is 3.85. The number of rotatable bonds is 4. The van der Waals surface area contributed by atoms with Crippen molar-refractivity contribution in [3.63, 3.8) is 0 Å². The second-order valence-corrected chi connectivity index (χ2v) is 4.85. The lowest BCUT2D eigenvalue weighted by atomic mass is 10.1. The predicted molar refractivity (Wildman–Crippen MR) is 70.4 cm³/mol. The van der Waals surface area contributed by atoms with Crippen LogP contribution < -0.4 is 16.2 Å². The van der Waals surface area contributed by atoms with Gasteiger partial charge in [-0.1, -0.05) is 0 Å². The summed E-state index contributed by atoms with van der Waals surface area (Å²) in [6.07, 6.45) is 0. The van der Waals surface area contributed by atoms with E-state index in [0.29, 0.717) is 15.9 Å². The molecule has 7 nitrogen and oxygen atoms in total. The van der Waals surface area contributed by atoms with Crippen LogP contribution >= 0.6 is 11.3 Å². The maximum Gasteiger partial charge on any atom is 0.341 e. The number of hydrogen-bond donors (Lipinski definition) is 3. The highest BCUT2D eigenvalue weighted by Crippen LogP contribution is 2.35. The van der Waals surface area contributed by atoms with Crippen LogP contribution in [0.4, 0.5) is 5.69 Å². The summed E-state index contributed by atoms with van der Waals surface area (Å²) >= 11 is 1.06. The number of hydrogen-bond acceptors (Lipinski definition) is 6. The molecule has 0 aromatic carbocycles. The summed E-state index contributed by atoms with van der Waals surface area (Å²) in [4.78, 5) is 26.5. The maximum absolute atomic E-state index is 11.2. The summed E-state index contributed by atoms with van der Waals surface area (Å²) in [7, 11) is 0. The highest BCUT2D eigenvalue weighted by molar-refractivity contribution is 7.21. The van der Waals surface area contributed by atoms with Crippen LogP contribution in [0.1, 0.15) is 15.2 Å². The van der Waals surface area contributed by atoms with Gasteiger partial charge in [0.1, 0.15) is 9.71 Å². The number of nitrogens with zero attached hydrogens (tertiary/aromatic N) is 1. The normalized spacial score (nSPS) is 10.6. The van der Waals surface area contributed by atoms with Gasteiger partial charge >= 0.3 is 5.97 Å². The zero-order valence-electron chi connectivity index (χ0n) is 9.97. The Hall–Kier alpha value is -2.35. The molecule has 100 valence electrons. The molecule has 2 heterocycles. The topological polar surface area (TPSA) is 129 Å². The van der Waals surface area contributed by atoms with Gasteiger partial charge in [-0.3, -0.25) is 4.79 Å². The zero-order chi connectivity index (χ0) is 14.2. The van der Waals surface area contributed by atoms with Crippen LogP contribution in [0.15, 0.2) is 6.07 Å². The summed E-state index contributed by atoms with van der Waals surface area (Å²) in [5.41, 5.74) is 12.1. The molecule has 0 fully saturated rings. The lowest BCUT2D eigenvalue weighted by molar-refractivity contribution is -0.139. The molecule has 2 rings (SSSR count). The van der Waals surface area contributed by atoms with Crippen molar-refractivity contribution in [3.05, 3.63) is 16.5 Å². The number of anilines is 1.